The van der Waals surface area contributed by atoms with E-state index < -0.39 is 5.97 Å². The molecule has 8 nitrogen and oxygen atoms in total. The third kappa shape index (κ3) is 5.12. The standard InChI is InChI=1S/C31H34N4O4/c1-4-5-8-17-35-28-23(12-9-13-24(28)32-29(35)22-11-6-7-14-27(22)36)30-33-25-20-21(31(37)39-3)15-16-26(25)34(30)18-10-19-38-2/h6-7,9,11-16,20,36H,4-5,8,10,17-19H2,1-3H3. The highest BCUT2D eigenvalue weighted by Crippen LogP contribution is 2.37. The number of nitrogens with zero attached hydrogens (tertiary/aromatic N) is 4. The maximum Gasteiger partial charge on any atom is 0.337 e. The number of hydrogen-bond acceptors (Lipinski definition) is 6. The molecule has 0 spiro atoms. The summed E-state index contributed by atoms with van der Waals surface area (Å²) in [6.45, 7) is 4.27. The van der Waals surface area contributed by atoms with Crippen molar-refractivity contribution in [3.05, 3.63) is 66.2 Å². The third-order valence-corrected chi connectivity index (χ3v) is 7.04. The summed E-state index contributed by atoms with van der Waals surface area (Å²) in [5.41, 5.74) is 5.59. The summed E-state index contributed by atoms with van der Waals surface area (Å²) in [5.74, 6) is 1.35. The summed E-state index contributed by atoms with van der Waals surface area (Å²) in [6.07, 6.45) is 3.99. The second-order valence-corrected chi connectivity index (χ2v) is 9.61. The first-order valence-corrected chi connectivity index (χ1v) is 13.4. The number of aryl methyl sites for hydroxylation is 2. The zero-order valence-electron chi connectivity index (χ0n) is 22.7. The molecule has 0 radical (unpaired) electrons. The molecule has 0 saturated heterocycles. The van der Waals surface area contributed by atoms with E-state index in [1.807, 2.05) is 36.4 Å². The van der Waals surface area contributed by atoms with E-state index in [2.05, 4.69) is 22.1 Å². The maximum atomic E-state index is 12.2. The fourth-order valence-electron chi connectivity index (χ4n) is 5.15. The number of aromatic nitrogens is 4. The van der Waals surface area contributed by atoms with Crippen molar-refractivity contribution in [3.8, 4) is 28.5 Å². The zero-order valence-corrected chi connectivity index (χ0v) is 22.7. The number of carbonyl (C=O) groups excluding carboxylic acids is 1. The van der Waals surface area contributed by atoms with Gasteiger partial charge in [0.15, 0.2) is 0 Å². The lowest BCUT2D eigenvalue weighted by Crippen LogP contribution is -2.06. The Morgan fingerprint density at radius 3 is 2.36 bits per heavy atom. The van der Waals surface area contributed by atoms with Gasteiger partial charge >= 0.3 is 5.97 Å². The van der Waals surface area contributed by atoms with E-state index in [-0.39, 0.29) is 5.75 Å². The van der Waals surface area contributed by atoms with Crippen molar-refractivity contribution < 1.29 is 19.4 Å². The Bertz CT molecular complexity index is 1620. The Morgan fingerprint density at radius 1 is 0.846 bits per heavy atom. The SMILES string of the molecule is CCCCCn1c(-c2ccccc2O)nc2cccc(-c3nc4cc(C(=O)OC)ccc4n3CCCOC)c21. The number of ether oxygens (including phenoxy) is 2. The monoisotopic (exact) mass is 526 g/mol. The predicted octanol–water partition coefficient (Wildman–Crippen LogP) is 6.44. The van der Waals surface area contributed by atoms with Gasteiger partial charge in [0.25, 0.3) is 0 Å². The molecule has 2 heterocycles. The molecule has 0 atom stereocenters. The first-order chi connectivity index (χ1) is 19.1. The summed E-state index contributed by atoms with van der Waals surface area (Å²) in [4.78, 5) is 22.3. The molecule has 0 saturated carbocycles. The van der Waals surface area contributed by atoms with Crippen molar-refractivity contribution in [2.75, 3.05) is 20.8 Å². The molecule has 5 aromatic rings. The zero-order chi connectivity index (χ0) is 27.4. The van der Waals surface area contributed by atoms with Crippen molar-refractivity contribution in [1.29, 1.82) is 0 Å². The van der Waals surface area contributed by atoms with Crippen LogP contribution in [0.15, 0.2) is 60.7 Å². The number of fused-ring (bicyclic) bond motifs is 2. The number of benzene rings is 3. The number of para-hydroxylation sites is 2. The minimum absolute atomic E-state index is 0.202. The minimum atomic E-state index is -0.393. The molecule has 0 amide bonds. The average Bonchev–Trinajstić information content (AvgIpc) is 3.51. The number of phenolic OH excluding ortho intramolecular Hbond substituents is 1. The van der Waals surface area contributed by atoms with Gasteiger partial charge in [0, 0.05) is 32.4 Å². The van der Waals surface area contributed by atoms with Crippen LogP contribution in [0, 0.1) is 0 Å². The van der Waals surface area contributed by atoms with Crippen molar-refractivity contribution in [3.63, 3.8) is 0 Å². The highest BCUT2D eigenvalue weighted by atomic mass is 16.5. The van der Waals surface area contributed by atoms with Crippen LogP contribution in [0.1, 0.15) is 43.0 Å². The number of unbranched alkanes of at least 4 members (excludes halogenated alkanes) is 2. The molecule has 0 bridgehead atoms. The number of carbonyl (C=O) groups is 1. The smallest absolute Gasteiger partial charge is 0.337 e. The molecule has 8 heteroatoms. The predicted molar refractivity (Wildman–Crippen MR) is 153 cm³/mol. The Morgan fingerprint density at radius 2 is 1.59 bits per heavy atom. The van der Waals surface area contributed by atoms with Gasteiger partial charge in [-0.2, -0.15) is 0 Å². The van der Waals surface area contributed by atoms with Crippen molar-refractivity contribution >= 4 is 28.0 Å². The van der Waals surface area contributed by atoms with Crippen LogP contribution in [0.25, 0.3) is 44.8 Å². The summed E-state index contributed by atoms with van der Waals surface area (Å²) in [7, 11) is 3.08. The average molecular weight is 527 g/mol. The number of phenols is 1. The number of rotatable bonds is 11. The highest BCUT2D eigenvalue weighted by Gasteiger charge is 2.22. The van der Waals surface area contributed by atoms with E-state index in [1.54, 1.807) is 25.3 Å². The largest absolute Gasteiger partial charge is 0.507 e. The summed E-state index contributed by atoms with van der Waals surface area (Å²) < 4.78 is 14.7. The molecule has 0 aliphatic heterocycles. The van der Waals surface area contributed by atoms with E-state index in [0.29, 0.717) is 24.3 Å². The van der Waals surface area contributed by atoms with Crippen molar-refractivity contribution in [2.45, 2.75) is 45.7 Å². The first-order valence-electron chi connectivity index (χ1n) is 13.4. The van der Waals surface area contributed by atoms with Gasteiger partial charge in [-0.3, -0.25) is 0 Å². The lowest BCUT2D eigenvalue weighted by atomic mass is 10.1. The van der Waals surface area contributed by atoms with Crippen LogP contribution >= 0.6 is 0 Å². The molecule has 0 aliphatic rings. The normalized spacial score (nSPS) is 11.5. The van der Waals surface area contributed by atoms with Crippen LogP contribution in [0.3, 0.4) is 0 Å². The molecule has 2 aromatic heterocycles. The molecule has 1 N–H and O–H groups in total. The molecule has 5 rings (SSSR count). The Balaban J connectivity index is 1.75. The summed E-state index contributed by atoms with van der Waals surface area (Å²) in [5, 5.41) is 10.7. The molecule has 3 aromatic carbocycles. The van der Waals surface area contributed by atoms with Crippen LogP contribution in [-0.2, 0) is 22.6 Å². The summed E-state index contributed by atoms with van der Waals surface area (Å²) >= 11 is 0. The van der Waals surface area contributed by atoms with Gasteiger partial charge < -0.3 is 23.7 Å². The fourth-order valence-corrected chi connectivity index (χ4v) is 5.15. The van der Waals surface area contributed by atoms with E-state index in [0.717, 1.165) is 71.5 Å². The molecular formula is C31H34N4O4. The van der Waals surface area contributed by atoms with Gasteiger partial charge in [-0.25, -0.2) is 14.8 Å². The van der Waals surface area contributed by atoms with E-state index in [1.165, 1.54) is 7.11 Å². The number of methoxy groups -OCH3 is 2. The third-order valence-electron chi connectivity index (χ3n) is 7.04. The molecule has 0 aliphatic carbocycles. The molecule has 0 fully saturated rings. The lowest BCUT2D eigenvalue weighted by molar-refractivity contribution is 0.0601. The second-order valence-electron chi connectivity index (χ2n) is 9.61. The number of imidazole rings is 2. The number of esters is 1. The molecule has 0 unspecified atom stereocenters. The van der Waals surface area contributed by atoms with Gasteiger partial charge in [-0.05, 0) is 55.3 Å². The molecule has 39 heavy (non-hydrogen) atoms. The van der Waals surface area contributed by atoms with Crippen LogP contribution in [-0.4, -0.2) is 51.0 Å². The van der Waals surface area contributed by atoms with Gasteiger partial charge in [0.2, 0.25) is 0 Å². The fraction of sp³-hybridized carbons (Fsp3) is 0.323. The molecule has 202 valence electrons. The van der Waals surface area contributed by atoms with Crippen molar-refractivity contribution in [1.82, 2.24) is 19.1 Å². The van der Waals surface area contributed by atoms with Gasteiger partial charge in [-0.1, -0.05) is 38.0 Å². The maximum absolute atomic E-state index is 12.2. The Hall–Kier alpha value is -4.17. The summed E-state index contributed by atoms with van der Waals surface area (Å²) in [6, 6.07) is 18.9. The quantitative estimate of drug-likeness (QED) is 0.157. The van der Waals surface area contributed by atoms with Crippen LogP contribution < -0.4 is 0 Å². The second kappa shape index (κ2) is 11.7. The lowest BCUT2D eigenvalue weighted by Gasteiger charge is -2.14. The van der Waals surface area contributed by atoms with Crippen molar-refractivity contribution in [2.24, 2.45) is 0 Å². The Kier molecular flexibility index (Phi) is 7.93. The number of aromatic hydroxyl groups is 1. The number of hydrogen-bond donors (Lipinski definition) is 1. The first kappa shape index (κ1) is 26.4. The van der Waals surface area contributed by atoms with Gasteiger partial charge in [-0.15, -0.1) is 0 Å². The topological polar surface area (TPSA) is 91.4 Å². The minimum Gasteiger partial charge on any atom is -0.507 e. The van der Waals surface area contributed by atoms with Gasteiger partial charge in [0.1, 0.15) is 17.4 Å². The Labute approximate surface area is 227 Å². The van der Waals surface area contributed by atoms with Gasteiger partial charge in [0.05, 0.1) is 40.3 Å². The highest BCUT2D eigenvalue weighted by molar-refractivity contribution is 5.97. The van der Waals surface area contributed by atoms with Crippen LogP contribution in [0.4, 0.5) is 0 Å². The van der Waals surface area contributed by atoms with Crippen LogP contribution in [0.5, 0.6) is 5.75 Å². The van der Waals surface area contributed by atoms with Crippen LogP contribution in [0.2, 0.25) is 0 Å². The van der Waals surface area contributed by atoms with E-state index >= 15 is 0 Å². The van der Waals surface area contributed by atoms with E-state index in [9.17, 15) is 9.90 Å². The molecular weight excluding hydrogens is 492 g/mol. The van der Waals surface area contributed by atoms with E-state index in [4.69, 9.17) is 19.4 Å².